The molecule has 6 nitrogen and oxygen atoms in total. The Morgan fingerprint density at radius 1 is 1.33 bits per heavy atom. The van der Waals surface area contributed by atoms with Gasteiger partial charge in [0.25, 0.3) is 0 Å². The molecule has 0 amide bonds. The molecule has 0 atom stereocenters. The predicted octanol–water partition coefficient (Wildman–Crippen LogP) is 1.49. The minimum atomic E-state index is -0.976. The van der Waals surface area contributed by atoms with Crippen molar-refractivity contribution in [2.45, 2.75) is 6.42 Å². The van der Waals surface area contributed by atoms with Crippen molar-refractivity contribution in [2.75, 3.05) is 46.6 Å². The first-order valence-corrected chi connectivity index (χ1v) is 7.05. The Morgan fingerprint density at radius 3 is 2.76 bits per heavy atom. The van der Waals surface area contributed by atoms with E-state index in [1.165, 1.54) is 19.2 Å². The second-order valence-electron chi connectivity index (χ2n) is 4.83. The number of hydrogen-bond acceptors (Lipinski definition) is 5. The number of ether oxygens (including phenoxy) is 3. The smallest absolute Gasteiger partial charge is 0.335 e. The van der Waals surface area contributed by atoms with Crippen LogP contribution >= 0.6 is 0 Å². The Kier molecular flexibility index (Phi) is 5.83. The van der Waals surface area contributed by atoms with Gasteiger partial charge in [0.2, 0.25) is 0 Å². The second-order valence-corrected chi connectivity index (χ2v) is 4.83. The predicted molar refractivity (Wildman–Crippen MR) is 77.3 cm³/mol. The average Bonchev–Trinajstić information content (AvgIpc) is 2.52. The van der Waals surface area contributed by atoms with Crippen molar-refractivity contribution < 1.29 is 24.1 Å². The van der Waals surface area contributed by atoms with Crippen LogP contribution in [0, 0.1) is 0 Å². The van der Waals surface area contributed by atoms with Crippen molar-refractivity contribution in [3.63, 3.8) is 0 Å². The third-order valence-electron chi connectivity index (χ3n) is 3.39. The number of benzene rings is 1. The van der Waals surface area contributed by atoms with Gasteiger partial charge in [0.15, 0.2) is 11.5 Å². The summed E-state index contributed by atoms with van der Waals surface area (Å²) in [5.74, 6) is 0.0431. The number of nitrogens with zero attached hydrogens (tertiary/aromatic N) is 1. The molecule has 0 radical (unpaired) electrons. The van der Waals surface area contributed by atoms with E-state index in [9.17, 15) is 4.79 Å². The molecule has 0 aromatic heterocycles. The van der Waals surface area contributed by atoms with Gasteiger partial charge >= 0.3 is 5.97 Å². The number of hydrogen-bond donors (Lipinski definition) is 1. The summed E-state index contributed by atoms with van der Waals surface area (Å²) in [5.41, 5.74) is 0.193. The second kappa shape index (κ2) is 7.85. The maximum atomic E-state index is 11.0. The summed E-state index contributed by atoms with van der Waals surface area (Å²) < 4.78 is 16.1. The highest BCUT2D eigenvalue weighted by molar-refractivity contribution is 5.88. The molecular formula is C15H21NO5. The van der Waals surface area contributed by atoms with E-state index >= 15 is 0 Å². The molecule has 1 fully saturated rings. The molecule has 0 aliphatic carbocycles. The molecule has 1 aliphatic rings. The van der Waals surface area contributed by atoms with Gasteiger partial charge in [0, 0.05) is 19.6 Å². The zero-order valence-electron chi connectivity index (χ0n) is 12.2. The largest absolute Gasteiger partial charge is 0.493 e. The monoisotopic (exact) mass is 295 g/mol. The van der Waals surface area contributed by atoms with Crippen molar-refractivity contribution >= 4 is 5.97 Å². The molecule has 0 spiro atoms. The van der Waals surface area contributed by atoms with Gasteiger partial charge in [-0.2, -0.15) is 0 Å². The number of carbonyl (C=O) groups is 1. The Labute approximate surface area is 124 Å². The molecule has 116 valence electrons. The lowest BCUT2D eigenvalue weighted by Crippen LogP contribution is -2.37. The lowest BCUT2D eigenvalue weighted by Gasteiger charge is -2.26. The summed E-state index contributed by atoms with van der Waals surface area (Å²) in [5, 5.41) is 9.00. The molecule has 1 aliphatic heterocycles. The van der Waals surface area contributed by atoms with E-state index < -0.39 is 5.97 Å². The summed E-state index contributed by atoms with van der Waals surface area (Å²) in [6.45, 7) is 4.96. The van der Waals surface area contributed by atoms with E-state index in [2.05, 4.69) is 4.90 Å². The molecule has 1 saturated heterocycles. The van der Waals surface area contributed by atoms with Crippen molar-refractivity contribution in [3.05, 3.63) is 23.8 Å². The average molecular weight is 295 g/mol. The van der Waals surface area contributed by atoms with Crippen LogP contribution in [0.4, 0.5) is 0 Å². The van der Waals surface area contributed by atoms with Crippen molar-refractivity contribution in [2.24, 2.45) is 0 Å². The minimum absolute atomic E-state index is 0.193. The summed E-state index contributed by atoms with van der Waals surface area (Å²) in [4.78, 5) is 13.3. The van der Waals surface area contributed by atoms with Gasteiger partial charge in [-0.05, 0) is 24.6 Å². The van der Waals surface area contributed by atoms with Crippen LogP contribution in [-0.2, 0) is 4.74 Å². The highest BCUT2D eigenvalue weighted by atomic mass is 16.5. The first kappa shape index (κ1) is 15.6. The van der Waals surface area contributed by atoms with Crippen LogP contribution in [0.3, 0.4) is 0 Å². The first-order valence-electron chi connectivity index (χ1n) is 7.05. The van der Waals surface area contributed by atoms with Gasteiger partial charge in [0.1, 0.15) is 0 Å². The maximum Gasteiger partial charge on any atom is 0.335 e. The van der Waals surface area contributed by atoms with Crippen molar-refractivity contribution in [1.82, 2.24) is 4.90 Å². The quantitative estimate of drug-likeness (QED) is 0.769. The number of aromatic carboxylic acids is 1. The lowest BCUT2D eigenvalue weighted by molar-refractivity contribution is 0.0357. The number of carboxylic acid groups (broad SMARTS) is 1. The van der Waals surface area contributed by atoms with Crippen LogP contribution in [0.5, 0.6) is 11.5 Å². The summed E-state index contributed by atoms with van der Waals surface area (Å²) in [7, 11) is 1.54. The lowest BCUT2D eigenvalue weighted by atomic mass is 10.2. The highest BCUT2D eigenvalue weighted by Crippen LogP contribution is 2.28. The Balaban J connectivity index is 1.83. The Morgan fingerprint density at radius 2 is 2.10 bits per heavy atom. The van der Waals surface area contributed by atoms with Crippen LogP contribution in [0.25, 0.3) is 0 Å². The maximum absolute atomic E-state index is 11.0. The fourth-order valence-corrected chi connectivity index (χ4v) is 2.22. The van der Waals surface area contributed by atoms with Crippen LogP contribution in [0.2, 0.25) is 0 Å². The first-order chi connectivity index (χ1) is 10.2. The molecule has 1 N–H and O–H groups in total. The molecule has 0 bridgehead atoms. The molecule has 1 aromatic carbocycles. The fourth-order valence-electron chi connectivity index (χ4n) is 2.22. The van der Waals surface area contributed by atoms with E-state index in [-0.39, 0.29) is 5.56 Å². The van der Waals surface area contributed by atoms with Crippen molar-refractivity contribution in [3.8, 4) is 11.5 Å². The normalized spacial score (nSPS) is 15.7. The molecule has 0 saturated carbocycles. The number of rotatable bonds is 7. The van der Waals surface area contributed by atoms with Gasteiger partial charge in [0.05, 0.1) is 32.5 Å². The van der Waals surface area contributed by atoms with Crippen LogP contribution in [0.1, 0.15) is 16.8 Å². The molecular weight excluding hydrogens is 274 g/mol. The Bertz CT molecular complexity index is 471. The van der Waals surface area contributed by atoms with E-state index in [1.54, 1.807) is 6.07 Å². The van der Waals surface area contributed by atoms with Gasteiger partial charge in [-0.3, -0.25) is 4.90 Å². The van der Waals surface area contributed by atoms with Gasteiger partial charge in [-0.1, -0.05) is 0 Å². The van der Waals surface area contributed by atoms with Gasteiger partial charge in [-0.25, -0.2) is 4.79 Å². The summed E-state index contributed by atoms with van der Waals surface area (Å²) in [6, 6.07) is 4.61. The highest BCUT2D eigenvalue weighted by Gasteiger charge is 2.12. The van der Waals surface area contributed by atoms with Crippen molar-refractivity contribution in [1.29, 1.82) is 0 Å². The fraction of sp³-hybridized carbons (Fsp3) is 0.533. The molecule has 2 rings (SSSR count). The van der Waals surface area contributed by atoms with Gasteiger partial charge < -0.3 is 19.3 Å². The zero-order chi connectivity index (χ0) is 15.1. The van der Waals surface area contributed by atoms with Crippen LogP contribution in [-0.4, -0.2) is 62.5 Å². The minimum Gasteiger partial charge on any atom is -0.493 e. The molecule has 21 heavy (non-hydrogen) atoms. The van der Waals surface area contributed by atoms with E-state index in [0.29, 0.717) is 18.1 Å². The summed E-state index contributed by atoms with van der Waals surface area (Å²) in [6.07, 6.45) is 0.875. The van der Waals surface area contributed by atoms with Gasteiger partial charge in [-0.15, -0.1) is 0 Å². The SMILES string of the molecule is COc1ccc(C(=O)O)cc1OCCCN1CCOCC1. The standard InChI is InChI=1S/C15H21NO5/c1-19-13-4-3-12(15(17)18)11-14(13)21-8-2-5-16-6-9-20-10-7-16/h3-4,11H,2,5-10H2,1H3,(H,17,18). The molecule has 1 aromatic rings. The zero-order valence-corrected chi connectivity index (χ0v) is 12.2. The number of morpholine rings is 1. The number of methoxy groups -OCH3 is 1. The van der Waals surface area contributed by atoms with E-state index in [0.717, 1.165) is 39.3 Å². The van der Waals surface area contributed by atoms with E-state index in [1.807, 2.05) is 0 Å². The molecule has 0 unspecified atom stereocenters. The Hall–Kier alpha value is -1.79. The van der Waals surface area contributed by atoms with E-state index in [4.69, 9.17) is 19.3 Å². The number of carboxylic acids is 1. The molecule has 6 heteroatoms. The topological polar surface area (TPSA) is 68.2 Å². The third-order valence-corrected chi connectivity index (χ3v) is 3.39. The van der Waals surface area contributed by atoms with Crippen LogP contribution in [0.15, 0.2) is 18.2 Å². The third kappa shape index (κ3) is 4.61. The molecule has 1 heterocycles. The summed E-state index contributed by atoms with van der Waals surface area (Å²) >= 11 is 0. The van der Waals surface area contributed by atoms with Crippen LogP contribution < -0.4 is 9.47 Å².